The maximum Gasteiger partial charge on any atom is 0.339 e. The Labute approximate surface area is 151 Å². The van der Waals surface area contributed by atoms with Crippen molar-refractivity contribution in [2.24, 2.45) is 0 Å². The van der Waals surface area contributed by atoms with Crippen LogP contribution in [0, 0.1) is 6.92 Å². The predicted molar refractivity (Wildman–Crippen MR) is 102 cm³/mol. The van der Waals surface area contributed by atoms with Gasteiger partial charge in [0.05, 0.1) is 18.4 Å². The minimum absolute atomic E-state index is 0.343. The molecule has 3 rings (SSSR count). The summed E-state index contributed by atoms with van der Waals surface area (Å²) in [7, 11) is 1.34. The quantitative estimate of drug-likeness (QED) is 0.604. The number of methoxy groups -OCH3 is 1. The number of aryl methyl sites for hydroxylation is 1. The Morgan fingerprint density at radius 1 is 0.962 bits per heavy atom. The van der Waals surface area contributed by atoms with E-state index in [1.807, 2.05) is 31.2 Å². The van der Waals surface area contributed by atoms with Gasteiger partial charge in [0.25, 0.3) is 0 Å². The van der Waals surface area contributed by atoms with Crippen molar-refractivity contribution in [2.45, 2.75) is 6.92 Å². The molecule has 0 spiro atoms. The summed E-state index contributed by atoms with van der Waals surface area (Å²) in [5.41, 5.74) is 9.47. The Bertz CT molecular complexity index is 943. The zero-order valence-corrected chi connectivity index (χ0v) is 14.5. The third-order valence-electron chi connectivity index (χ3n) is 3.87. The van der Waals surface area contributed by atoms with E-state index in [0.29, 0.717) is 28.6 Å². The summed E-state index contributed by atoms with van der Waals surface area (Å²) in [5.74, 6) is 0.429. The molecule has 3 aromatic rings. The van der Waals surface area contributed by atoms with E-state index in [-0.39, 0.29) is 0 Å². The van der Waals surface area contributed by atoms with Gasteiger partial charge in [-0.2, -0.15) is 0 Å². The Morgan fingerprint density at radius 3 is 2.19 bits per heavy atom. The molecule has 132 valence electrons. The van der Waals surface area contributed by atoms with Gasteiger partial charge in [-0.1, -0.05) is 30.3 Å². The number of nitrogens with two attached hydrogens (primary N) is 1. The van der Waals surface area contributed by atoms with Gasteiger partial charge in [-0.25, -0.2) is 14.8 Å². The molecule has 2 aromatic carbocycles. The van der Waals surface area contributed by atoms with Gasteiger partial charge >= 0.3 is 5.97 Å². The molecule has 0 atom stereocenters. The summed E-state index contributed by atoms with van der Waals surface area (Å²) < 4.78 is 4.81. The van der Waals surface area contributed by atoms with Crippen molar-refractivity contribution < 1.29 is 9.53 Å². The predicted octanol–water partition coefficient (Wildman–Crippen LogP) is 3.64. The van der Waals surface area contributed by atoms with Crippen LogP contribution in [0.25, 0.3) is 0 Å². The Morgan fingerprint density at radius 2 is 1.54 bits per heavy atom. The fourth-order valence-electron chi connectivity index (χ4n) is 2.44. The number of esters is 1. The van der Waals surface area contributed by atoms with E-state index in [1.165, 1.54) is 13.4 Å². The molecule has 0 fully saturated rings. The Balaban J connectivity index is 1.91. The highest BCUT2D eigenvalue weighted by Gasteiger charge is 2.14. The van der Waals surface area contributed by atoms with Gasteiger partial charge in [-0.05, 0) is 30.7 Å². The van der Waals surface area contributed by atoms with Gasteiger partial charge in [-0.3, -0.25) is 0 Å². The Hall–Kier alpha value is -3.61. The summed E-state index contributed by atoms with van der Waals surface area (Å²) in [6.45, 7) is 1.99. The molecule has 0 aliphatic rings. The van der Waals surface area contributed by atoms with Crippen LogP contribution in [0.15, 0.2) is 54.9 Å². The molecule has 7 heteroatoms. The fourth-order valence-corrected chi connectivity index (χ4v) is 2.44. The molecular weight excluding hydrogens is 330 g/mol. The van der Waals surface area contributed by atoms with E-state index >= 15 is 0 Å². The number of para-hydroxylation sites is 2. The van der Waals surface area contributed by atoms with Crippen molar-refractivity contribution in [3.05, 3.63) is 66.0 Å². The van der Waals surface area contributed by atoms with Crippen LogP contribution in [-0.2, 0) is 4.74 Å². The maximum absolute atomic E-state index is 11.9. The molecule has 0 aliphatic heterocycles. The summed E-state index contributed by atoms with van der Waals surface area (Å²) in [5, 5.41) is 6.29. The highest BCUT2D eigenvalue weighted by atomic mass is 16.5. The van der Waals surface area contributed by atoms with E-state index in [9.17, 15) is 4.79 Å². The topological polar surface area (TPSA) is 102 Å². The molecule has 0 aliphatic carbocycles. The molecule has 7 nitrogen and oxygen atoms in total. The number of anilines is 5. The molecule has 1 heterocycles. The number of carbonyl (C=O) groups excluding carboxylic acids is 1. The second-order valence-electron chi connectivity index (χ2n) is 5.59. The molecule has 26 heavy (non-hydrogen) atoms. The molecule has 1 aromatic heterocycles. The number of nitrogens with one attached hydrogen (secondary N) is 2. The highest BCUT2D eigenvalue weighted by molar-refractivity contribution is 5.97. The summed E-state index contributed by atoms with van der Waals surface area (Å²) in [6.07, 6.45) is 1.40. The van der Waals surface area contributed by atoms with Crippen LogP contribution in [0.1, 0.15) is 15.9 Å². The van der Waals surface area contributed by atoms with Crippen LogP contribution in [0.2, 0.25) is 0 Å². The molecule has 0 saturated heterocycles. The lowest BCUT2D eigenvalue weighted by molar-refractivity contribution is 0.0602. The molecule has 4 N–H and O–H groups in total. The van der Waals surface area contributed by atoms with Crippen molar-refractivity contribution >= 4 is 34.7 Å². The van der Waals surface area contributed by atoms with Crippen LogP contribution in [0.5, 0.6) is 0 Å². The van der Waals surface area contributed by atoms with Crippen molar-refractivity contribution in [1.82, 2.24) is 9.97 Å². The minimum Gasteiger partial charge on any atom is -0.465 e. The number of ether oxygens (including phenoxy) is 1. The van der Waals surface area contributed by atoms with Crippen molar-refractivity contribution in [3.8, 4) is 0 Å². The number of rotatable bonds is 5. The first-order valence-electron chi connectivity index (χ1n) is 7.97. The van der Waals surface area contributed by atoms with Gasteiger partial charge < -0.3 is 21.1 Å². The van der Waals surface area contributed by atoms with Crippen LogP contribution < -0.4 is 16.4 Å². The van der Waals surface area contributed by atoms with Gasteiger partial charge in [0.1, 0.15) is 12.0 Å². The van der Waals surface area contributed by atoms with E-state index in [4.69, 9.17) is 10.5 Å². The van der Waals surface area contributed by atoms with E-state index in [2.05, 4.69) is 20.6 Å². The average Bonchev–Trinajstić information content (AvgIpc) is 2.66. The first-order valence-corrected chi connectivity index (χ1v) is 7.97. The normalized spacial score (nSPS) is 10.2. The zero-order chi connectivity index (χ0) is 18.5. The van der Waals surface area contributed by atoms with Crippen molar-refractivity contribution in [3.63, 3.8) is 0 Å². The number of nitrogens with zero attached hydrogens (tertiary/aromatic N) is 2. The van der Waals surface area contributed by atoms with Gasteiger partial charge in [0.15, 0.2) is 11.6 Å². The SMILES string of the molecule is COC(=O)c1ccccc1Nc1ncnc(Nc2ccccc2C)c1N. The lowest BCUT2D eigenvalue weighted by Crippen LogP contribution is -2.09. The number of benzene rings is 2. The van der Waals surface area contributed by atoms with Crippen LogP contribution in [0.4, 0.5) is 28.7 Å². The number of hydrogen-bond acceptors (Lipinski definition) is 7. The second kappa shape index (κ2) is 7.52. The zero-order valence-electron chi connectivity index (χ0n) is 14.5. The summed E-state index contributed by atoms with van der Waals surface area (Å²) >= 11 is 0. The first kappa shape index (κ1) is 17.2. The van der Waals surface area contributed by atoms with Gasteiger partial charge in [0, 0.05) is 5.69 Å². The molecule has 0 amide bonds. The Kier molecular flexibility index (Phi) is 4.98. The standard InChI is InChI=1S/C19H19N5O2/c1-12-7-3-5-9-14(12)23-17-16(20)18(22-11-21-17)24-15-10-6-4-8-13(15)19(25)26-2/h3-11H,20H2,1-2H3,(H2,21,22,23,24). The van der Waals surface area contributed by atoms with Crippen LogP contribution in [0.3, 0.4) is 0 Å². The number of aromatic nitrogens is 2. The third kappa shape index (κ3) is 3.56. The smallest absolute Gasteiger partial charge is 0.339 e. The lowest BCUT2D eigenvalue weighted by Gasteiger charge is -2.15. The molecular formula is C19H19N5O2. The van der Waals surface area contributed by atoms with E-state index in [1.54, 1.807) is 24.3 Å². The van der Waals surface area contributed by atoms with E-state index in [0.717, 1.165) is 11.3 Å². The molecule has 0 radical (unpaired) electrons. The minimum atomic E-state index is -0.445. The number of nitrogen functional groups attached to an aromatic ring is 1. The average molecular weight is 349 g/mol. The second-order valence-corrected chi connectivity index (χ2v) is 5.59. The van der Waals surface area contributed by atoms with Crippen molar-refractivity contribution in [1.29, 1.82) is 0 Å². The maximum atomic E-state index is 11.9. The number of hydrogen-bond donors (Lipinski definition) is 3. The highest BCUT2D eigenvalue weighted by Crippen LogP contribution is 2.30. The molecule has 0 unspecified atom stereocenters. The van der Waals surface area contributed by atoms with Gasteiger partial charge in [-0.15, -0.1) is 0 Å². The molecule has 0 saturated carbocycles. The first-order chi connectivity index (χ1) is 12.6. The number of carbonyl (C=O) groups is 1. The van der Waals surface area contributed by atoms with Crippen molar-refractivity contribution in [2.75, 3.05) is 23.5 Å². The largest absolute Gasteiger partial charge is 0.465 e. The van der Waals surface area contributed by atoms with Crippen LogP contribution in [-0.4, -0.2) is 23.0 Å². The lowest BCUT2D eigenvalue weighted by atomic mass is 10.1. The third-order valence-corrected chi connectivity index (χ3v) is 3.87. The fraction of sp³-hybridized carbons (Fsp3) is 0.105. The summed E-state index contributed by atoms with van der Waals surface area (Å²) in [4.78, 5) is 20.3. The van der Waals surface area contributed by atoms with Gasteiger partial charge in [0.2, 0.25) is 0 Å². The summed E-state index contributed by atoms with van der Waals surface area (Å²) in [6, 6.07) is 14.8. The molecule has 0 bridgehead atoms. The monoisotopic (exact) mass is 349 g/mol. The van der Waals surface area contributed by atoms with Crippen LogP contribution >= 0.6 is 0 Å². The van der Waals surface area contributed by atoms with E-state index < -0.39 is 5.97 Å².